The summed E-state index contributed by atoms with van der Waals surface area (Å²) in [6.07, 6.45) is 1.91. The van der Waals surface area contributed by atoms with Crippen LogP contribution in [0.15, 0.2) is 46.3 Å². The van der Waals surface area contributed by atoms with Crippen molar-refractivity contribution in [1.29, 1.82) is 0 Å². The molecule has 112 valence electrons. The van der Waals surface area contributed by atoms with Gasteiger partial charge in [-0.2, -0.15) is 0 Å². The molecule has 5 nitrogen and oxygen atoms in total. The lowest BCUT2D eigenvalue weighted by atomic mass is 10.2. The fourth-order valence-electron chi connectivity index (χ4n) is 2.00. The number of nitrogens with zero attached hydrogens (tertiary/aromatic N) is 2. The largest absolute Gasteiger partial charge is 0.440 e. The second kappa shape index (κ2) is 6.53. The highest BCUT2D eigenvalue weighted by molar-refractivity contribution is 7.13. The van der Waals surface area contributed by atoms with E-state index in [1.807, 2.05) is 42.6 Å². The fourth-order valence-corrected chi connectivity index (χ4v) is 2.65. The summed E-state index contributed by atoms with van der Waals surface area (Å²) in [5, 5.41) is 4.80. The summed E-state index contributed by atoms with van der Waals surface area (Å²) < 4.78 is 5.63. The van der Waals surface area contributed by atoms with E-state index in [1.54, 1.807) is 17.5 Å². The van der Waals surface area contributed by atoms with Crippen LogP contribution in [0.1, 0.15) is 17.1 Å². The first-order valence-electron chi connectivity index (χ1n) is 6.89. The van der Waals surface area contributed by atoms with Gasteiger partial charge in [-0.15, -0.1) is 11.3 Å². The van der Waals surface area contributed by atoms with Crippen molar-refractivity contribution < 1.29 is 9.21 Å². The molecule has 0 unspecified atom stereocenters. The highest BCUT2D eigenvalue weighted by Gasteiger charge is 2.15. The highest BCUT2D eigenvalue weighted by Crippen LogP contribution is 2.25. The Kier molecular flexibility index (Phi) is 4.29. The van der Waals surface area contributed by atoms with Crippen LogP contribution in [-0.4, -0.2) is 15.9 Å². The molecule has 3 aromatic heterocycles. The number of carbonyl (C=O) groups is 1. The SMILES string of the molecule is Cc1oc(-c2cccs2)nc1CC(=O)NCc1ccccn1. The molecule has 3 rings (SSSR count). The quantitative estimate of drug-likeness (QED) is 0.786. The minimum atomic E-state index is -0.0974. The van der Waals surface area contributed by atoms with Gasteiger partial charge in [0.1, 0.15) is 5.76 Å². The first-order chi connectivity index (χ1) is 10.7. The van der Waals surface area contributed by atoms with Gasteiger partial charge in [-0.05, 0) is 30.5 Å². The number of thiophene rings is 1. The number of oxazole rings is 1. The molecular formula is C16H15N3O2S. The number of pyridine rings is 1. The summed E-state index contributed by atoms with van der Waals surface area (Å²) in [5.74, 6) is 1.15. The third kappa shape index (κ3) is 3.40. The number of amides is 1. The smallest absolute Gasteiger partial charge is 0.236 e. The lowest BCUT2D eigenvalue weighted by molar-refractivity contribution is -0.120. The lowest BCUT2D eigenvalue weighted by Gasteiger charge is -2.03. The van der Waals surface area contributed by atoms with Crippen LogP contribution < -0.4 is 5.32 Å². The summed E-state index contributed by atoms with van der Waals surface area (Å²) in [6.45, 7) is 2.24. The summed E-state index contributed by atoms with van der Waals surface area (Å²) in [5.41, 5.74) is 1.49. The highest BCUT2D eigenvalue weighted by atomic mass is 32.1. The Morgan fingerprint density at radius 1 is 1.32 bits per heavy atom. The predicted octanol–water partition coefficient (Wildman–Crippen LogP) is 2.97. The van der Waals surface area contributed by atoms with Gasteiger partial charge in [0.15, 0.2) is 0 Å². The fraction of sp³-hybridized carbons (Fsp3) is 0.188. The molecule has 1 N–H and O–H groups in total. The number of aromatic nitrogens is 2. The van der Waals surface area contributed by atoms with Gasteiger partial charge in [-0.1, -0.05) is 12.1 Å². The van der Waals surface area contributed by atoms with E-state index in [4.69, 9.17) is 4.42 Å². The van der Waals surface area contributed by atoms with E-state index in [-0.39, 0.29) is 12.3 Å². The minimum Gasteiger partial charge on any atom is -0.440 e. The van der Waals surface area contributed by atoms with Crippen LogP contribution >= 0.6 is 11.3 Å². The maximum Gasteiger partial charge on any atom is 0.236 e. The van der Waals surface area contributed by atoms with Crippen LogP contribution in [0.4, 0.5) is 0 Å². The molecule has 0 bridgehead atoms. The number of aryl methyl sites for hydroxylation is 1. The van der Waals surface area contributed by atoms with Crippen LogP contribution in [0, 0.1) is 6.92 Å². The third-order valence-corrected chi connectivity index (χ3v) is 4.00. The van der Waals surface area contributed by atoms with E-state index in [9.17, 15) is 4.79 Å². The minimum absolute atomic E-state index is 0.0974. The predicted molar refractivity (Wildman–Crippen MR) is 84.3 cm³/mol. The van der Waals surface area contributed by atoms with E-state index in [0.29, 0.717) is 23.9 Å². The Morgan fingerprint density at radius 2 is 2.23 bits per heavy atom. The topological polar surface area (TPSA) is 68.0 Å². The molecule has 0 radical (unpaired) electrons. The second-order valence-corrected chi connectivity index (χ2v) is 5.72. The summed E-state index contributed by atoms with van der Waals surface area (Å²) in [4.78, 5) is 21.6. The molecule has 6 heteroatoms. The third-order valence-electron chi connectivity index (χ3n) is 3.15. The van der Waals surface area contributed by atoms with Crippen LogP contribution in [-0.2, 0) is 17.8 Å². The lowest BCUT2D eigenvalue weighted by Crippen LogP contribution is -2.25. The zero-order chi connectivity index (χ0) is 15.4. The van der Waals surface area contributed by atoms with Crippen LogP contribution in [0.3, 0.4) is 0 Å². The van der Waals surface area contributed by atoms with Gasteiger partial charge >= 0.3 is 0 Å². The first kappa shape index (κ1) is 14.5. The monoisotopic (exact) mass is 313 g/mol. The summed E-state index contributed by atoms with van der Waals surface area (Å²) in [7, 11) is 0. The molecule has 0 saturated carbocycles. The van der Waals surface area contributed by atoms with Crippen LogP contribution in [0.5, 0.6) is 0 Å². The van der Waals surface area contributed by atoms with Crippen molar-refractivity contribution in [3.05, 3.63) is 59.1 Å². The van der Waals surface area contributed by atoms with Gasteiger partial charge in [0.2, 0.25) is 11.8 Å². The van der Waals surface area contributed by atoms with Gasteiger partial charge in [-0.3, -0.25) is 9.78 Å². The zero-order valence-electron chi connectivity index (χ0n) is 12.1. The maximum absolute atomic E-state index is 12.0. The molecule has 0 saturated heterocycles. The number of hydrogen-bond donors (Lipinski definition) is 1. The molecule has 0 spiro atoms. The number of carbonyl (C=O) groups excluding carboxylic acids is 1. The van der Waals surface area contributed by atoms with Crippen molar-refractivity contribution in [3.8, 4) is 10.8 Å². The summed E-state index contributed by atoms with van der Waals surface area (Å²) >= 11 is 1.56. The van der Waals surface area contributed by atoms with E-state index in [2.05, 4.69) is 15.3 Å². The van der Waals surface area contributed by atoms with Gasteiger partial charge < -0.3 is 9.73 Å². The van der Waals surface area contributed by atoms with Crippen molar-refractivity contribution in [2.24, 2.45) is 0 Å². The standard InChI is InChI=1S/C16H15N3O2S/c1-11-13(19-16(21-11)14-6-4-8-22-14)9-15(20)18-10-12-5-2-3-7-17-12/h2-8H,9-10H2,1H3,(H,18,20). The van der Waals surface area contributed by atoms with Crippen LogP contribution in [0.25, 0.3) is 10.8 Å². The Balaban J connectivity index is 1.62. The number of rotatable bonds is 5. The molecule has 0 aliphatic heterocycles. The van der Waals surface area contributed by atoms with Crippen molar-refractivity contribution in [2.75, 3.05) is 0 Å². The van der Waals surface area contributed by atoms with Crippen LogP contribution in [0.2, 0.25) is 0 Å². The van der Waals surface area contributed by atoms with Crippen molar-refractivity contribution in [2.45, 2.75) is 19.9 Å². The molecule has 0 fully saturated rings. The molecule has 0 atom stereocenters. The Labute approximate surface area is 132 Å². The molecule has 3 heterocycles. The van der Waals surface area contributed by atoms with Gasteiger partial charge in [0.25, 0.3) is 0 Å². The molecule has 1 amide bonds. The van der Waals surface area contributed by atoms with Gasteiger partial charge in [0.05, 0.1) is 29.2 Å². The van der Waals surface area contributed by atoms with E-state index in [0.717, 1.165) is 10.6 Å². The number of nitrogens with one attached hydrogen (secondary N) is 1. The molecule has 0 aromatic carbocycles. The molecule has 0 aliphatic carbocycles. The normalized spacial score (nSPS) is 10.6. The van der Waals surface area contributed by atoms with Crippen molar-refractivity contribution in [1.82, 2.24) is 15.3 Å². The van der Waals surface area contributed by atoms with E-state index in [1.165, 1.54) is 0 Å². The molecule has 22 heavy (non-hydrogen) atoms. The maximum atomic E-state index is 12.0. The molecule has 0 aliphatic rings. The Morgan fingerprint density at radius 3 is 2.95 bits per heavy atom. The van der Waals surface area contributed by atoms with Crippen molar-refractivity contribution in [3.63, 3.8) is 0 Å². The Bertz CT molecular complexity index is 751. The average Bonchev–Trinajstić information content (AvgIpc) is 3.17. The van der Waals surface area contributed by atoms with Gasteiger partial charge in [-0.25, -0.2) is 4.98 Å². The molecular weight excluding hydrogens is 298 g/mol. The number of hydrogen-bond acceptors (Lipinski definition) is 5. The van der Waals surface area contributed by atoms with E-state index < -0.39 is 0 Å². The average molecular weight is 313 g/mol. The summed E-state index contributed by atoms with van der Waals surface area (Å²) in [6, 6.07) is 9.50. The van der Waals surface area contributed by atoms with Gasteiger partial charge in [0, 0.05) is 6.20 Å². The second-order valence-electron chi connectivity index (χ2n) is 4.77. The van der Waals surface area contributed by atoms with E-state index >= 15 is 0 Å². The Hall–Kier alpha value is -2.47. The molecule has 3 aromatic rings. The van der Waals surface area contributed by atoms with Crippen molar-refractivity contribution >= 4 is 17.2 Å². The zero-order valence-corrected chi connectivity index (χ0v) is 12.9. The first-order valence-corrected chi connectivity index (χ1v) is 7.77.